The van der Waals surface area contributed by atoms with E-state index in [2.05, 4.69) is 51.2 Å². The van der Waals surface area contributed by atoms with E-state index in [1.54, 1.807) is 0 Å². The Balaban J connectivity index is 2.74. The van der Waals surface area contributed by atoms with Gasteiger partial charge in [0.05, 0.1) is 6.42 Å². The summed E-state index contributed by atoms with van der Waals surface area (Å²) in [6.07, 6.45) is 1.93. The van der Waals surface area contributed by atoms with Crippen molar-refractivity contribution in [3.05, 3.63) is 34.9 Å². The summed E-state index contributed by atoms with van der Waals surface area (Å²) in [7, 11) is 0. The molecule has 0 spiro atoms. The summed E-state index contributed by atoms with van der Waals surface area (Å²) in [6.45, 7) is 8.37. The van der Waals surface area contributed by atoms with Crippen LogP contribution in [-0.2, 0) is 11.2 Å². The van der Waals surface area contributed by atoms with Gasteiger partial charge in [-0.05, 0) is 50.3 Å². The highest BCUT2D eigenvalue weighted by molar-refractivity contribution is 5.67. The number of carboxylic acids is 1. The van der Waals surface area contributed by atoms with Gasteiger partial charge >= 0.3 is 5.97 Å². The number of nitrogens with one attached hydrogen (secondary N) is 1. The zero-order valence-electron chi connectivity index (χ0n) is 12.4. The zero-order valence-corrected chi connectivity index (χ0v) is 12.4. The van der Waals surface area contributed by atoms with Crippen molar-refractivity contribution in [1.82, 2.24) is 5.32 Å². The molecule has 0 heterocycles. The summed E-state index contributed by atoms with van der Waals surface area (Å²) >= 11 is 0. The number of rotatable bonds is 7. The van der Waals surface area contributed by atoms with E-state index >= 15 is 0 Å². The summed E-state index contributed by atoms with van der Waals surface area (Å²) in [6, 6.07) is 6.69. The Hall–Kier alpha value is -1.35. The molecule has 0 aliphatic rings. The van der Waals surface area contributed by atoms with E-state index < -0.39 is 5.97 Å². The summed E-state index contributed by atoms with van der Waals surface area (Å²) in [5.41, 5.74) is 3.73. The van der Waals surface area contributed by atoms with Crippen molar-refractivity contribution in [2.45, 2.75) is 59.0 Å². The lowest BCUT2D eigenvalue weighted by molar-refractivity contribution is -0.137. The van der Waals surface area contributed by atoms with Crippen molar-refractivity contribution < 1.29 is 9.90 Å². The van der Waals surface area contributed by atoms with Crippen molar-refractivity contribution >= 4 is 5.97 Å². The normalized spacial score (nSPS) is 14.1. The Labute approximate surface area is 116 Å². The van der Waals surface area contributed by atoms with E-state index in [0.717, 1.165) is 12.8 Å². The maximum absolute atomic E-state index is 11.0. The van der Waals surface area contributed by atoms with Crippen LogP contribution in [0.25, 0.3) is 0 Å². The number of aryl methyl sites for hydroxylation is 2. The fourth-order valence-electron chi connectivity index (χ4n) is 2.14. The molecule has 0 bridgehead atoms. The molecule has 0 amide bonds. The van der Waals surface area contributed by atoms with Crippen LogP contribution in [0.15, 0.2) is 18.2 Å². The van der Waals surface area contributed by atoms with Crippen molar-refractivity contribution in [1.29, 1.82) is 0 Å². The molecule has 0 aromatic heterocycles. The van der Waals surface area contributed by atoms with Crippen LogP contribution < -0.4 is 5.32 Å². The first-order chi connectivity index (χ1) is 8.92. The minimum atomic E-state index is -0.746. The van der Waals surface area contributed by atoms with E-state index in [1.165, 1.54) is 16.7 Å². The molecule has 0 radical (unpaired) electrons. The van der Waals surface area contributed by atoms with Crippen LogP contribution in [0.5, 0.6) is 0 Å². The quantitative estimate of drug-likeness (QED) is 0.795. The molecule has 3 nitrogen and oxygen atoms in total. The lowest BCUT2D eigenvalue weighted by Crippen LogP contribution is -2.39. The van der Waals surface area contributed by atoms with Crippen LogP contribution >= 0.6 is 0 Å². The maximum atomic E-state index is 11.0. The van der Waals surface area contributed by atoms with E-state index in [0.29, 0.717) is 6.04 Å². The monoisotopic (exact) mass is 263 g/mol. The molecular formula is C16H25NO2. The first-order valence-corrected chi connectivity index (χ1v) is 6.96. The van der Waals surface area contributed by atoms with E-state index in [9.17, 15) is 4.79 Å². The van der Waals surface area contributed by atoms with Crippen molar-refractivity contribution in [3.8, 4) is 0 Å². The van der Waals surface area contributed by atoms with Crippen LogP contribution in [-0.4, -0.2) is 23.2 Å². The van der Waals surface area contributed by atoms with Gasteiger partial charge in [0.15, 0.2) is 0 Å². The smallest absolute Gasteiger partial charge is 0.304 e. The molecule has 1 rings (SSSR count). The highest BCUT2D eigenvalue weighted by Crippen LogP contribution is 2.13. The predicted octanol–water partition coefficient (Wildman–Crippen LogP) is 3.08. The number of hydrogen-bond donors (Lipinski definition) is 2. The SMILES string of the molecule is CCC(C)NC(CC(=O)O)Cc1ccc(C)c(C)c1. The third kappa shape index (κ3) is 5.43. The molecule has 0 aliphatic carbocycles. The molecule has 1 aromatic rings. The molecule has 2 unspecified atom stereocenters. The Kier molecular flexibility index (Phi) is 6.03. The lowest BCUT2D eigenvalue weighted by Gasteiger charge is -2.21. The minimum absolute atomic E-state index is 0.00504. The van der Waals surface area contributed by atoms with Gasteiger partial charge in [-0.15, -0.1) is 0 Å². The van der Waals surface area contributed by atoms with Crippen LogP contribution in [0.3, 0.4) is 0 Å². The molecule has 1 aromatic carbocycles. The van der Waals surface area contributed by atoms with E-state index in [-0.39, 0.29) is 12.5 Å². The van der Waals surface area contributed by atoms with Crippen molar-refractivity contribution in [2.75, 3.05) is 0 Å². The van der Waals surface area contributed by atoms with Crippen LogP contribution in [0.4, 0.5) is 0 Å². The van der Waals surface area contributed by atoms with Gasteiger partial charge in [-0.25, -0.2) is 0 Å². The second-order valence-electron chi connectivity index (χ2n) is 5.39. The largest absolute Gasteiger partial charge is 0.481 e. The highest BCUT2D eigenvalue weighted by atomic mass is 16.4. The molecule has 3 heteroatoms. The fraction of sp³-hybridized carbons (Fsp3) is 0.562. The molecule has 0 saturated heterocycles. The third-order valence-electron chi connectivity index (χ3n) is 3.61. The molecule has 2 N–H and O–H groups in total. The van der Waals surface area contributed by atoms with Gasteiger partial charge in [-0.2, -0.15) is 0 Å². The van der Waals surface area contributed by atoms with Crippen molar-refractivity contribution in [2.24, 2.45) is 0 Å². The molecule has 19 heavy (non-hydrogen) atoms. The van der Waals surface area contributed by atoms with Crippen LogP contribution in [0.1, 0.15) is 43.4 Å². The Morgan fingerprint density at radius 1 is 1.32 bits per heavy atom. The van der Waals surface area contributed by atoms with Gasteiger partial charge in [-0.3, -0.25) is 4.79 Å². The summed E-state index contributed by atoms with van der Waals surface area (Å²) in [4.78, 5) is 11.0. The predicted molar refractivity (Wildman–Crippen MR) is 78.5 cm³/mol. The van der Waals surface area contributed by atoms with Gasteiger partial charge in [0, 0.05) is 12.1 Å². The topological polar surface area (TPSA) is 49.3 Å². The van der Waals surface area contributed by atoms with Gasteiger partial charge < -0.3 is 10.4 Å². The lowest BCUT2D eigenvalue weighted by atomic mass is 9.98. The average Bonchev–Trinajstić information content (AvgIpc) is 2.32. The highest BCUT2D eigenvalue weighted by Gasteiger charge is 2.15. The Morgan fingerprint density at radius 2 is 2.00 bits per heavy atom. The van der Waals surface area contributed by atoms with E-state index in [4.69, 9.17) is 5.11 Å². The van der Waals surface area contributed by atoms with Crippen LogP contribution in [0, 0.1) is 13.8 Å². The number of aliphatic carboxylic acids is 1. The molecule has 0 saturated carbocycles. The average molecular weight is 263 g/mol. The fourth-order valence-corrected chi connectivity index (χ4v) is 2.14. The second-order valence-corrected chi connectivity index (χ2v) is 5.39. The van der Waals surface area contributed by atoms with Gasteiger partial charge in [-0.1, -0.05) is 25.1 Å². The summed E-state index contributed by atoms with van der Waals surface area (Å²) < 4.78 is 0. The standard InChI is InChI=1S/C16H25NO2/c1-5-13(4)17-15(10-16(18)19)9-14-7-6-11(2)12(3)8-14/h6-8,13,15,17H,5,9-10H2,1-4H3,(H,18,19). The number of hydrogen-bond acceptors (Lipinski definition) is 2. The first-order valence-electron chi connectivity index (χ1n) is 6.96. The molecule has 106 valence electrons. The van der Waals surface area contributed by atoms with E-state index in [1.807, 2.05) is 0 Å². The Bertz CT molecular complexity index is 429. The molecule has 0 fully saturated rings. The summed E-state index contributed by atoms with van der Waals surface area (Å²) in [5.74, 6) is -0.746. The Morgan fingerprint density at radius 3 is 2.53 bits per heavy atom. The molecule has 2 atom stereocenters. The zero-order chi connectivity index (χ0) is 14.4. The number of carboxylic acid groups (broad SMARTS) is 1. The van der Waals surface area contributed by atoms with Gasteiger partial charge in [0.25, 0.3) is 0 Å². The minimum Gasteiger partial charge on any atom is -0.481 e. The van der Waals surface area contributed by atoms with Gasteiger partial charge in [0.1, 0.15) is 0 Å². The van der Waals surface area contributed by atoms with Crippen molar-refractivity contribution in [3.63, 3.8) is 0 Å². The summed E-state index contributed by atoms with van der Waals surface area (Å²) in [5, 5.41) is 12.4. The second kappa shape index (κ2) is 7.29. The van der Waals surface area contributed by atoms with Crippen LogP contribution in [0.2, 0.25) is 0 Å². The molecule has 0 aliphatic heterocycles. The molecular weight excluding hydrogens is 238 g/mol. The third-order valence-corrected chi connectivity index (χ3v) is 3.61. The van der Waals surface area contributed by atoms with Gasteiger partial charge in [0.2, 0.25) is 0 Å². The maximum Gasteiger partial charge on any atom is 0.304 e. The number of carbonyl (C=O) groups is 1. The first kappa shape index (κ1) is 15.7. The number of benzene rings is 1.